The number of aromatic nitrogens is 1. The summed E-state index contributed by atoms with van der Waals surface area (Å²) >= 11 is 0. The fourth-order valence-corrected chi connectivity index (χ4v) is 1.49. The zero-order chi connectivity index (χ0) is 12.8. The number of amides is 1. The lowest BCUT2D eigenvalue weighted by Crippen LogP contribution is -2.39. The molecule has 1 aromatic rings. The zero-order valence-corrected chi connectivity index (χ0v) is 10.3. The number of hydrogen-bond acceptors (Lipinski definition) is 3. The first-order valence-corrected chi connectivity index (χ1v) is 5.47. The minimum Gasteiger partial charge on any atom is -0.383 e. The van der Waals surface area contributed by atoms with E-state index in [0.717, 1.165) is 6.20 Å². The standard InChI is InChI=1S/C12H17FN2O2/c1-9(2)15(6-7-17-3)12(16)10-4-5-14-8-11(10)13/h4-5,8-9H,6-7H2,1-3H3. The zero-order valence-electron chi connectivity index (χ0n) is 10.3. The Bertz CT molecular complexity index is 383. The maximum Gasteiger partial charge on any atom is 0.257 e. The van der Waals surface area contributed by atoms with Crippen LogP contribution in [0.2, 0.25) is 0 Å². The number of carbonyl (C=O) groups excluding carboxylic acids is 1. The number of hydrogen-bond donors (Lipinski definition) is 0. The van der Waals surface area contributed by atoms with Crippen LogP contribution in [-0.2, 0) is 4.74 Å². The van der Waals surface area contributed by atoms with Crippen molar-refractivity contribution >= 4 is 5.91 Å². The van der Waals surface area contributed by atoms with Gasteiger partial charge >= 0.3 is 0 Å². The van der Waals surface area contributed by atoms with Gasteiger partial charge in [0.25, 0.3) is 5.91 Å². The van der Waals surface area contributed by atoms with Gasteiger partial charge in [-0.1, -0.05) is 0 Å². The summed E-state index contributed by atoms with van der Waals surface area (Å²) in [7, 11) is 1.57. The van der Waals surface area contributed by atoms with Crippen molar-refractivity contribution in [1.29, 1.82) is 0 Å². The van der Waals surface area contributed by atoms with Crippen molar-refractivity contribution in [3.8, 4) is 0 Å². The molecule has 0 aliphatic carbocycles. The molecule has 0 N–H and O–H groups in total. The van der Waals surface area contributed by atoms with Crippen molar-refractivity contribution in [2.45, 2.75) is 19.9 Å². The van der Waals surface area contributed by atoms with Crippen molar-refractivity contribution in [2.75, 3.05) is 20.3 Å². The lowest BCUT2D eigenvalue weighted by Gasteiger charge is -2.26. The van der Waals surface area contributed by atoms with Gasteiger partial charge in [-0.15, -0.1) is 0 Å². The van der Waals surface area contributed by atoms with Gasteiger partial charge in [0.05, 0.1) is 18.4 Å². The summed E-state index contributed by atoms with van der Waals surface area (Å²) in [5, 5.41) is 0. The van der Waals surface area contributed by atoms with E-state index in [1.54, 1.807) is 12.0 Å². The topological polar surface area (TPSA) is 42.4 Å². The summed E-state index contributed by atoms with van der Waals surface area (Å²) < 4.78 is 18.4. The minimum atomic E-state index is -0.597. The molecule has 0 aliphatic rings. The average molecular weight is 240 g/mol. The van der Waals surface area contributed by atoms with Crippen LogP contribution in [-0.4, -0.2) is 42.1 Å². The van der Waals surface area contributed by atoms with E-state index < -0.39 is 5.82 Å². The number of carbonyl (C=O) groups is 1. The molecule has 0 aliphatic heterocycles. The van der Waals surface area contributed by atoms with Gasteiger partial charge in [0.2, 0.25) is 0 Å². The Balaban J connectivity index is 2.88. The highest BCUT2D eigenvalue weighted by molar-refractivity contribution is 5.94. The molecule has 0 fully saturated rings. The van der Waals surface area contributed by atoms with Gasteiger partial charge < -0.3 is 9.64 Å². The molecule has 1 rings (SSSR count). The van der Waals surface area contributed by atoms with Gasteiger partial charge in [-0.2, -0.15) is 0 Å². The molecule has 0 aromatic carbocycles. The summed E-state index contributed by atoms with van der Waals surface area (Å²) in [4.78, 5) is 17.3. The number of halogens is 1. The molecule has 1 amide bonds. The normalized spacial score (nSPS) is 10.6. The van der Waals surface area contributed by atoms with Gasteiger partial charge in [0.1, 0.15) is 0 Å². The Hall–Kier alpha value is -1.49. The Morgan fingerprint density at radius 3 is 2.82 bits per heavy atom. The van der Waals surface area contributed by atoms with E-state index in [1.807, 2.05) is 13.8 Å². The molecular weight excluding hydrogens is 223 g/mol. The van der Waals surface area contributed by atoms with E-state index in [9.17, 15) is 9.18 Å². The molecular formula is C12H17FN2O2. The molecule has 1 aromatic heterocycles. The summed E-state index contributed by atoms with van der Waals surface area (Å²) in [5.41, 5.74) is 0.0461. The second kappa shape index (κ2) is 6.30. The van der Waals surface area contributed by atoms with E-state index in [2.05, 4.69) is 4.98 Å². The molecule has 0 atom stereocenters. The fourth-order valence-electron chi connectivity index (χ4n) is 1.49. The maximum atomic E-state index is 13.4. The van der Waals surface area contributed by atoms with E-state index >= 15 is 0 Å². The monoisotopic (exact) mass is 240 g/mol. The van der Waals surface area contributed by atoms with Crippen LogP contribution in [0.3, 0.4) is 0 Å². The highest BCUT2D eigenvalue weighted by atomic mass is 19.1. The van der Waals surface area contributed by atoms with Gasteiger partial charge in [0.15, 0.2) is 5.82 Å². The van der Waals surface area contributed by atoms with Crippen LogP contribution in [0, 0.1) is 5.82 Å². The number of nitrogens with zero attached hydrogens (tertiary/aromatic N) is 2. The number of pyridine rings is 1. The highest BCUT2D eigenvalue weighted by Crippen LogP contribution is 2.11. The predicted octanol–water partition coefficient (Wildman–Crippen LogP) is 1.72. The van der Waals surface area contributed by atoms with Gasteiger partial charge in [0, 0.05) is 25.9 Å². The Morgan fingerprint density at radius 1 is 1.59 bits per heavy atom. The lowest BCUT2D eigenvalue weighted by molar-refractivity contribution is 0.0630. The molecule has 5 heteroatoms. The van der Waals surface area contributed by atoms with Crippen molar-refractivity contribution < 1.29 is 13.9 Å². The third-order valence-corrected chi connectivity index (χ3v) is 2.42. The van der Waals surface area contributed by atoms with E-state index in [-0.39, 0.29) is 17.5 Å². The van der Waals surface area contributed by atoms with Gasteiger partial charge in [-0.3, -0.25) is 9.78 Å². The van der Waals surface area contributed by atoms with Crippen LogP contribution in [0.25, 0.3) is 0 Å². The smallest absolute Gasteiger partial charge is 0.257 e. The third-order valence-electron chi connectivity index (χ3n) is 2.42. The van der Waals surface area contributed by atoms with Crippen LogP contribution in [0.15, 0.2) is 18.5 Å². The Labute approximate surface area is 100 Å². The van der Waals surface area contributed by atoms with E-state index in [1.165, 1.54) is 12.3 Å². The first-order chi connectivity index (χ1) is 8.07. The van der Waals surface area contributed by atoms with Crippen LogP contribution < -0.4 is 0 Å². The highest BCUT2D eigenvalue weighted by Gasteiger charge is 2.21. The Morgan fingerprint density at radius 2 is 2.29 bits per heavy atom. The van der Waals surface area contributed by atoms with Crippen molar-refractivity contribution in [3.63, 3.8) is 0 Å². The predicted molar refractivity (Wildman–Crippen MR) is 62.2 cm³/mol. The molecule has 17 heavy (non-hydrogen) atoms. The van der Waals surface area contributed by atoms with Crippen LogP contribution in [0.1, 0.15) is 24.2 Å². The molecule has 4 nitrogen and oxygen atoms in total. The number of ether oxygens (including phenoxy) is 1. The lowest BCUT2D eigenvalue weighted by atomic mass is 10.2. The molecule has 0 bridgehead atoms. The second-order valence-corrected chi connectivity index (χ2v) is 3.94. The summed E-state index contributed by atoms with van der Waals surface area (Å²) in [5.74, 6) is -0.933. The largest absolute Gasteiger partial charge is 0.383 e. The van der Waals surface area contributed by atoms with Gasteiger partial charge in [-0.25, -0.2) is 4.39 Å². The first kappa shape index (κ1) is 13.6. The molecule has 0 spiro atoms. The van der Waals surface area contributed by atoms with Gasteiger partial charge in [-0.05, 0) is 19.9 Å². The van der Waals surface area contributed by atoms with Crippen molar-refractivity contribution in [2.24, 2.45) is 0 Å². The molecule has 1 heterocycles. The second-order valence-electron chi connectivity index (χ2n) is 3.94. The Kier molecular flexibility index (Phi) is 5.03. The van der Waals surface area contributed by atoms with E-state index in [4.69, 9.17) is 4.74 Å². The van der Waals surface area contributed by atoms with Crippen LogP contribution in [0.5, 0.6) is 0 Å². The minimum absolute atomic E-state index is 0.00906. The molecule has 0 saturated heterocycles. The quantitative estimate of drug-likeness (QED) is 0.787. The molecule has 94 valence electrons. The summed E-state index contributed by atoms with van der Waals surface area (Å²) in [6, 6.07) is 1.38. The molecule has 0 saturated carbocycles. The SMILES string of the molecule is COCCN(C(=O)c1ccncc1F)C(C)C. The first-order valence-electron chi connectivity index (χ1n) is 5.47. The summed E-state index contributed by atoms with van der Waals surface area (Å²) in [6.07, 6.45) is 2.45. The summed E-state index contributed by atoms with van der Waals surface area (Å²) in [6.45, 7) is 4.63. The number of methoxy groups -OCH3 is 1. The maximum absolute atomic E-state index is 13.4. The molecule has 0 radical (unpaired) electrons. The van der Waals surface area contributed by atoms with Crippen molar-refractivity contribution in [3.05, 3.63) is 29.8 Å². The third kappa shape index (κ3) is 3.49. The van der Waals surface area contributed by atoms with Crippen molar-refractivity contribution in [1.82, 2.24) is 9.88 Å². The van der Waals surface area contributed by atoms with Crippen LogP contribution in [0.4, 0.5) is 4.39 Å². The van der Waals surface area contributed by atoms with Crippen LogP contribution >= 0.6 is 0 Å². The molecule has 0 unspecified atom stereocenters. The fraction of sp³-hybridized carbons (Fsp3) is 0.500. The van der Waals surface area contributed by atoms with E-state index in [0.29, 0.717) is 13.2 Å². The number of rotatable bonds is 5. The average Bonchev–Trinajstić information content (AvgIpc) is 2.29.